The van der Waals surface area contributed by atoms with Crippen molar-refractivity contribution in [3.63, 3.8) is 0 Å². The van der Waals surface area contributed by atoms with Gasteiger partial charge in [-0.15, -0.1) is 0 Å². The van der Waals surface area contributed by atoms with E-state index in [-0.39, 0.29) is 11.9 Å². The Hall–Kier alpha value is -0.610. The maximum atomic E-state index is 10.8. The summed E-state index contributed by atoms with van der Waals surface area (Å²) in [6, 6.07) is -0.202. The van der Waals surface area contributed by atoms with Crippen LogP contribution in [-0.4, -0.2) is 25.6 Å². The second kappa shape index (κ2) is 5.20. The van der Waals surface area contributed by atoms with Gasteiger partial charge in [0.1, 0.15) is 0 Å². The molecule has 60 valence electrons. The Morgan fingerprint density at radius 2 is 2.30 bits per heavy atom. The van der Waals surface area contributed by atoms with Crippen molar-refractivity contribution in [3.05, 3.63) is 0 Å². The summed E-state index contributed by atoms with van der Waals surface area (Å²) < 4.78 is 0. The molecule has 0 saturated heterocycles. The molecule has 0 aliphatic heterocycles. The highest BCUT2D eigenvalue weighted by molar-refractivity contribution is 5.80. The first-order chi connectivity index (χ1) is 4.72. The molecule has 4 heteroatoms. The van der Waals surface area contributed by atoms with Crippen LogP contribution >= 0.6 is 0 Å². The molecule has 4 nitrogen and oxygen atoms in total. The van der Waals surface area contributed by atoms with E-state index in [1.54, 1.807) is 14.0 Å². The van der Waals surface area contributed by atoms with Crippen molar-refractivity contribution >= 4 is 5.91 Å². The van der Waals surface area contributed by atoms with Gasteiger partial charge in [-0.1, -0.05) is 0 Å². The van der Waals surface area contributed by atoms with Gasteiger partial charge in [0.05, 0.1) is 12.6 Å². The van der Waals surface area contributed by atoms with Crippen molar-refractivity contribution in [2.45, 2.75) is 19.9 Å². The van der Waals surface area contributed by atoms with Crippen molar-refractivity contribution in [2.75, 3.05) is 13.7 Å². The number of carbonyl (C=O) groups is 1. The summed E-state index contributed by atoms with van der Waals surface area (Å²) in [6.07, 6.45) is 0. The molecule has 0 aliphatic rings. The molecule has 0 radical (unpaired) electrons. The van der Waals surface area contributed by atoms with Crippen molar-refractivity contribution in [2.24, 2.45) is 0 Å². The van der Waals surface area contributed by atoms with Crippen LogP contribution in [0.25, 0.3) is 0 Å². The number of amides is 1. The molecular weight excluding hydrogens is 132 g/mol. The number of likely N-dealkylation sites (N-methyl/N-ethyl adjacent to an activating group) is 1. The van der Waals surface area contributed by atoms with E-state index >= 15 is 0 Å². The fraction of sp³-hybridized carbons (Fsp3) is 0.833. The minimum atomic E-state index is -0.202. The maximum Gasteiger partial charge on any atom is 0.260 e. The zero-order valence-corrected chi connectivity index (χ0v) is 6.60. The molecule has 1 amide bonds. The molecule has 0 aromatic heterocycles. The Balaban J connectivity index is 3.42. The zero-order valence-electron chi connectivity index (χ0n) is 6.60. The van der Waals surface area contributed by atoms with Crippen molar-refractivity contribution < 1.29 is 9.63 Å². The van der Waals surface area contributed by atoms with Gasteiger partial charge in [0, 0.05) is 0 Å². The largest absolute Gasteiger partial charge is 0.309 e. The summed E-state index contributed by atoms with van der Waals surface area (Å²) >= 11 is 0. The summed E-state index contributed by atoms with van der Waals surface area (Å²) in [6.45, 7) is 4.06. The third-order valence-corrected chi connectivity index (χ3v) is 1.14. The van der Waals surface area contributed by atoms with E-state index in [1.807, 2.05) is 6.92 Å². The Morgan fingerprint density at radius 3 is 2.70 bits per heavy atom. The third-order valence-electron chi connectivity index (χ3n) is 1.14. The fourth-order valence-electron chi connectivity index (χ4n) is 0.363. The quantitative estimate of drug-likeness (QED) is 0.533. The molecule has 0 spiro atoms. The summed E-state index contributed by atoms with van der Waals surface area (Å²) in [7, 11) is 1.72. The second-order valence-electron chi connectivity index (χ2n) is 1.91. The molecule has 0 rings (SSSR count). The lowest BCUT2D eigenvalue weighted by Crippen LogP contribution is -2.40. The molecule has 0 bridgehead atoms. The van der Waals surface area contributed by atoms with E-state index in [1.165, 1.54) is 0 Å². The number of rotatable bonds is 4. The SMILES string of the molecule is CCONC(=O)[C@H](C)NC. The Kier molecular flexibility index (Phi) is 4.88. The summed E-state index contributed by atoms with van der Waals surface area (Å²) in [5.41, 5.74) is 2.28. The van der Waals surface area contributed by atoms with Gasteiger partial charge in [-0.05, 0) is 20.9 Å². The van der Waals surface area contributed by atoms with E-state index in [2.05, 4.69) is 15.6 Å². The molecule has 0 unspecified atom stereocenters. The minimum Gasteiger partial charge on any atom is -0.309 e. The molecule has 2 N–H and O–H groups in total. The smallest absolute Gasteiger partial charge is 0.260 e. The predicted octanol–water partition coefficient (Wildman–Crippen LogP) is -0.338. The molecule has 0 aromatic carbocycles. The summed E-state index contributed by atoms with van der Waals surface area (Å²) in [4.78, 5) is 15.5. The molecule has 0 saturated carbocycles. The van der Waals surface area contributed by atoms with E-state index in [0.29, 0.717) is 6.61 Å². The average molecular weight is 146 g/mol. The maximum absolute atomic E-state index is 10.8. The first-order valence-electron chi connectivity index (χ1n) is 3.31. The third kappa shape index (κ3) is 3.42. The summed E-state index contributed by atoms with van der Waals surface area (Å²) in [5, 5.41) is 2.78. The lowest BCUT2D eigenvalue weighted by atomic mass is 10.3. The van der Waals surface area contributed by atoms with Gasteiger partial charge in [-0.3, -0.25) is 9.63 Å². The highest BCUT2D eigenvalue weighted by Crippen LogP contribution is 1.78. The monoisotopic (exact) mass is 146 g/mol. The Bertz CT molecular complexity index is 106. The number of hydrogen-bond donors (Lipinski definition) is 2. The topological polar surface area (TPSA) is 50.4 Å². The van der Waals surface area contributed by atoms with Crippen LogP contribution in [0.2, 0.25) is 0 Å². The van der Waals surface area contributed by atoms with Gasteiger partial charge >= 0.3 is 0 Å². The lowest BCUT2D eigenvalue weighted by molar-refractivity contribution is -0.134. The summed E-state index contributed by atoms with van der Waals surface area (Å²) in [5.74, 6) is -0.149. The van der Waals surface area contributed by atoms with Crippen LogP contribution in [0.5, 0.6) is 0 Å². The first-order valence-corrected chi connectivity index (χ1v) is 3.31. The van der Waals surface area contributed by atoms with E-state index in [0.717, 1.165) is 0 Å². The molecule has 0 heterocycles. The van der Waals surface area contributed by atoms with Gasteiger partial charge in [-0.2, -0.15) is 0 Å². The number of hydrogen-bond acceptors (Lipinski definition) is 3. The lowest BCUT2D eigenvalue weighted by Gasteiger charge is -2.09. The van der Waals surface area contributed by atoms with Gasteiger partial charge in [0.15, 0.2) is 0 Å². The average Bonchev–Trinajstić information content (AvgIpc) is 1.98. The van der Waals surface area contributed by atoms with E-state index in [4.69, 9.17) is 0 Å². The molecule has 0 aromatic rings. The van der Waals surface area contributed by atoms with Crippen LogP contribution in [0.15, 0.2) is 0 Å². The van der Waals surface area contributed by atoms with Crippen LogP contribution in [0.3, 0.4) is 0 Å². The van der Waals surface area contributed by atoms with Crippen LogP contribution < -0.4 is 10.8 Å². The molecule has 0 aliphatic carbocycles. The zero-order chi connectivity index (χ0) is 7.98. The fourth-order valence-corrected chi connectivity index (χ4v) is 0.363. The Morgan fingerprint density at radius 1 is 1.70 bits per heavy atom. The van der Waals surface area contributed by atoms with Gasteiger partial charge in [0.25, 0.3) is 5.91 Å². The van der Waals surface area contributed by atoms with Gasteiger partial charge in [0.2, 0.25) is 0 Å². The standard InChI is InChI=1S/C6H14N2O2/c1-4-10-8-6(9)5(2)7-3/h5,7H,4H2,1-3H3,(H,8,9)/t5-/m0/s1. The van der Waals surface area contributed by atoms with E-state index in [9.17, 15) is 4.79 Å². The van der Waals surface area contributed by atoms with Crippen LogP contribution in [0.4, 0.5) is 0 Å². The number of nitrogens with one attached hydrogen (secondary N) is 2. The first kappa shape index (κ1) is 9.39. The highest BCUT2D eigenvalue weighted by atomic mass is 16.6. The van der Waals surface area contributed by atoms with Crippen LogP contribution in [0, 0.1) is 0 Å². The molecule has 1 atom stereocenters. The van der Waals surface area contributed by atoms with Crippen molar-refractivity contribution in [3.8, 4) is 0 Å². The Labute approximate surface area is 60.9 Å². The molecular formula is C6H14N2O2. The van der Waals surface area contributed by atoms with Crippen molar-refractivity contribution in [1.82, 2.24) is 10.8 Å². The minimum absolute atomic E-state index is 0.149. The van der Waals surface area contributed by atoms with Crippen LogP contribution in [0.1, 0.15) is 13.8 Å². The highest BCUT2D eigenvalue weighted by Gasteiger charge is 2.08. The van der Waals surface area contributed by atoms with Crippen molar-refractivity contribution in [1.29, 1.82) is 0 Å². The van der Waals surface area contributed by atoms with E-state index < -0.39 is 0 Å². The second-order valence-corrected chi connectivity index (χ2v) is 1.91. The molecule has 0 fully saturated rings. The normalized spacial score (nSPS) is 12.7. The molecule has 10 heavy (non-hydrogen) atoms. The van der Waals surface area contributed by atoms with Crippen LogP contribution in [-0.2, 0) is 9.63 Å². The van der Waals surface area contributed by atoms with Gasteiger partial charge < -0.3 is 5.32 Å². The van der Waals surface area contributed by atoms with Gasteiger partial charge in [-0.25, -0.2) is 5.48 Å². The predicted molar refractivity (Wildman–Crippen MR) is 38.3 cm³/mol. The number of carbonyl (C=O) groups excluding carboxylic acids is 1. The number of hydroxylamine groups is 1.